The number of unbranched alkanes of at least 4 members (excludes halogenated alkanes) is 2. The van der Waals surface area contributed by atoms with Crippen LogP contribution in [0.4, 0.5) is 4.39 Å². The number of benzene rings is 2. The van der Waals surface area contributed by atoms with Crippen LogP contribution in [0.2, 0.25) is 0 Å². The van der Waals surface area contributed by atoms with E-state index in [4.69, 9.17) is 4.74 Å². The van der Waals surface area contributed by atoms with E-state index in [1.54, 1.807) is 0 Å². The first kappa shape index (κ1) is 21.9. The standard InChI is InChI=1S/C26H31FN2O/c1-4-5-6-7-20-8-10-21(11-9-20)23-16-28-26(29-17-23)22-12-14-24(15-13-22)30-18-25(27)19(2)3/h8-17,19,25H,4-7,18H2,1-3H3. The summed E-state index contributed by atoms with van der Waals surface area (Å²) in [7, 11) is 0. The molecule has 0 aliphatic carbocycles. The van der Waals surface area contributed by atoms with Crippen LogP contribution in [0, 0.1) is 5.92 Å². The molecule has 1 heterocycles. The number of ether oxygens (including phenoxy) is 1. The highest BCUT2D eigenvalue weighted by Gasteiger charge is 2.12. The molecule has 1 aromatic heterocycles. The smallest absolute Gasteiger partial charge is 0.159 e. The molecule has 0 amide bonds. The van der Waals surface area contributed by atoms with Crippen LogP contribution in [0.25, 0.3) is 22.5 Å². The highest BCUT2D eigenvalue weighted by Crippen LogP contribution is 2.23. The second-order valence-electron chi connectivity index (χ2n) is 8.04. The molecule has 0 bridgehead atoms. The van der Waals surface area contributed by atoms with Crippen LogP contribution < -0.4 is 4.74 Å². The van der Waals surface area contributed by atoms with Gasteiger partial charge in [-0.3, -0.25) is 0 Å². The van der Waals surface area contributed by atoms with Crippen LogP contribution in [-0.2, 0) is 6.42 Å². The van der Waals surface area contributed by atoms with Crippen molar-refractivity contribution < 1.29 is 9.13 Å². The molecule has 0 aliphatic heterocycles. The number of hydrogen-bond acceptors (Lipinski definition) is 3. The molecule has 1 atom stereocenters. The predicted molar refractivity (Wildman–Crippen MR) is 121 cm³/mol. The van der Waals surface area contributed by atoms with Gasteiger partial charge in [-0.05, 0) is 54.2 Å². The van der Waals surface area contributed by atoms with E-state index in [-0.39, 0.29) is 12.5 Å². The minimum Gasteiger partial charge on any atom is -0.491 e. The van der Waals surface area contributed by atoms with Gasteiger partial charge in [-0.1, -0.05) is 57.9 Å². The Morgan fingerprint density at radius 1 is 0.833 bits per heavy atom. The van der Waals surface area contributed by atoms with Gasteiger partial charge in [0.15, 0.2) is 5.82 Å². The van der Waals surface area contributed by atoms with E-state index in [1.165, 1.54) is 24.8 Å². The van der Waals surface area contributed by atoms with Crippen molar-refractivity contribution in [2.24, 2.45) is 5.92 Å². The number of aromatic nitrogens is 2. The maximum Gasteiger partial charge on any atom is 0.159 e. The lowest BCUT2D eigenvalue weighted by Gasteiger charge is -2.13. The Kier molecular flexibility index (Phi) is 7.95. The van der Waals surface area contributed by atoms with Crippen molar-refractivity contribution in [2.45, 2.75) is 52.6 Å². The molecule has 158 valence electrons. The number of aryl methyl sites for hydroxylation is 1. The van der Waals surface area contributed by atoms with E-state index in [9.17, 15) is 4.39 Å². The van der Waals surface area contributed by atoms with E-state index in [0.29, 0.717) is 11.6 Å². The number of alkyl halides is 1. The Balaban J connectivity index is 1.61. The van der Waals surface area contributed by atoms with Gasteiger partial charge in [0.2, 0.25) is 0 Å². The zero-order valence-electron chi connectivity index (χ0n) is 18.1. The fraction of sp³-hybridized carbons (Fsp3) is 0.385. The molecular formula is C26H31FN2O. The summed E-state index contributed by atoms with van der Waals surface area (Å²) < 4.78 is 19.2. The minimum atomic E-state index is -0.967. The third-order valence-corrected chi connectivity index (χ3v) is 5.25. The van der Waals surface area contributed by atoms with Gasteiger partial charge in [-0.2, -0.15) is 0 Å². The lowest BCUT2D eigenvalue weighted by molar-refractivity contribution is 0.155. The lowest BCUT2D eigenvalue weighted by Crippen LogP contribution is -2.18. The lowest BCUT2D eigenvalue weighted by atomic mass is 10.0. The van der Waals surface area contributed by atoms with Gasteiger partial charge in [0.25, 0.3) is 0 Å². The topological polar surface area (TPSA) is 35.0 Å². The summed E-state index contributed by atoms with van der Waals surface area (Å²) in [6.45, 7) is 5.99. The Morgan fingerprint density at radius 3 is 2.07 bits per heavy atom. The highest BCUT2D eigenvalue weighted by atomic mass is 19.1. The molecule has 4 heteroatoms. The largest absolute Gasteiger partial charge is 0.491 e. The van der Waals surface area contributed by atoms with Crippen molar-refractivity contribution in [1.29, 1.82) is 0 Å². The maximum absolute atomic E-state index is 13.7. The second kappa shape index (κ2) is 10.9. The average molecular weight is 407 g/mol. The SMILES string of the molecule is CCCCCc1ccc(-c2cnc(-c3ccc(OCC(F)C(C)C)cc3)nc2)cc1. The number of halogens is 1. The van der Waals surface area contributed by atoms with Crippen molar-refractivity contribution in [3.63, 3.8) is 0 Å². The van der Waals surface area contributed by atoms with Gasteiger partial charge in [0, 0.05) is 23.5 Å². The van der Waals surface area contributed by atoms with E-state index < -0.39 is 6.17 Å². The van der Waals surface area contributed by atoms with E-state index in [2.05, 4.69) is 41.2 Å². The average Bonchev–Trinajstić information content (AvgIpc) is 2.78. The molecule has 1 unspecified atom stereocenters. The zero-order valence-corrected chi connectivity index (χ0v) is 18.1. The number of hydrogen-bond donors (Lipinski definition) is 0. The van der Waals surface area contributed by atoms with Crippen LogP contribution in [0.3, 0.4) is 0 Å². The summed E-state index contributed by atoms with van der Waals surface area (Å²) in [5, 5.41) is 0. The quantitative estimate of drug-likeness (QED) is 0.343. The number of nitrogens with zero attached hydrogens (tertiary/aromatic N) is 2. The molecule has 3 aromatic rings. The fourth-order valence-electron chi connectivity index (χ4n) is 3.14. The molecule has 0 N–H and O–H groups in total. The normalized spacial score (nSPS) is 12.2. The monoisotopic (exact) mass is 406 g/mol. The van der Waals surface area contributed by atoms with E-state index in [1.807, 2.05) is 50.5 Å². The van der Waals surface area contributed by atoms with Crippen LogP contribution in [0.1, 0.15) is 45.6 Å². The third kappa shape index (κ3) is 6.12. The van der Waals surface area contributed by atoms with Crippen LogP contribution in [0.15, 0.2) is 60.9 Å². The molecule has 30 heavy (non-hydrogen) atoms. The predicted octanol–water partition coefficient (Wildman–Crippen LogP) is 6.92. The van der Waals surface area contributed by atoms with Crippen LogP contribution in [0.5, 0.6) is 5.75 Å². The molecule has 0 saturated carbocycles. The van der Waals surface area contributed by atoms with Gasteiger partial charge in [-0.15, -0.1) is 0 Å². The van der Waals surface area contributed by atoms with Gasteiger partial charge < -0.3 is 4.74 Å². The van der Waals surface area contributed by atoms with Crippen LogP contribution >= 0.6 is 0 Å². The molecular weight excluding hydrogens is 375 g/mol. The van der Waals surface area contributed by atoms with Gasteiger partial charge in [-0.25, -0.2) is 14.4 Å². The molecule has 0 saturated heterocycles. The van der Waals surface area contributed by atoms with Crippen LogP contribution in [-0.4, -0.2) is 22.7 Å². The number of rotatable bonds is 10. The highest BCUT2D eigenvalue weighted by molar-refractivity contribution is 5.64. The second-order valence-corrected chi connectivity index (χ2v) is 8.04. The first-order valence-corrected chi connectivity index (χ1v) is 10.9. The molecule has 3 nitrogen and oxygen atoms in total. The Hall–Kier alpha value is -2.75. The van der Waals surface area contributed by atoms with E-state index >= 15 is 0 Å². The van der Waals surface area contributed by atoms with Crippen molar-refractivity contribution in [1.82, 2.24) is 9.97 Å². The van der Waals surface area contributed by atoms with Crippen molar-refractivity contribution in [3.8, 4) is 28.3 Å². The van der Waals surface area contributed by atoms with E-state index in [0.717, 1.165) is 23.1 Å². The molecule has 0 radical (unpaired) electrons. The molecule has 0 fully saturated rings. The summed E-state index contributed by atoms with van der Waals surface area (Å²) in [6, 6.07) is 16.1. The molecule has 0 spiro atoms. The molecule has 0 aliphatic rings. The van der Waals surface area contributed by atoms with Gasteiger partial charge in [0.05, 0.1) is 0 Å². The van der Waals surface area contributed by atoms with Crippen molar-refractivity contribution in [2.75, 3.05) is 6.61 Å². The third-order valence-electron chi connectivity index (χ3n) is 5.25. The van der Waals surface area contributed by atoms with Gasteiger partial charge >= 0.3 is 0 Å². The molecule has 2 aromatic carbocycles. The first-order valence-electron chi connectivity index (χ1n) is 10.9. The van der Waals surface area contributed by atoms with Crippen molar-refractivity contribution in [3.05, 3.63) is 66.5 Å². The fourth-order valence-corrected chi connectivity index (χ4v) is 3.14. The van der Waals surface area contributed by atoms with Gasteiger partial charge in [0.1, 0.15) is 18.5 Å². The summed E-state index contributed by atoms with van der Waals surface area (Å²) >= 11 is 0. The Labute approximate surface area is 179 Å². The summed E-state index contributed by atoms with van der Waals surface area (Å²) in [5.74, 6) is 1.26. The summed E-state index contributed by atoms with van der Waals surface area (Å²) in [5.41, 5.74) is 4.40. The van der Waals surface area contributed by atoms with Crippen molar-refractivity contribution >= 4 is 0 Å². The summed E-state index contributed by atoms with van der Waals surface area (Å²) in [4.78, 5) is 9.05. The Bertz CT molecular complexity index is 890. The summed E-state index contributed by atoms with van der Waals surface area (Å²) in [6.07, 6.45) is 7.64. The Morgan fingerprint density at radius 2 is 1.47 bits per heavy atom. The minimum absolute atomic E-state index is 0.0477. The zero-order chi connectivity index (χ0) is 21.3. The molecule has 3 rings (SSSR count). The first-order chi connectivity index (χ1) is 14.6. The maximum atomic E-state index is 13.7.